The van der Waals surface area contributed by atoms with E-state index in [4.69, 9.17) is 0 Å². The Morgan fingerprint density at radius 3 is 2.89 bits per heavy atom. The molecule has 1 aromatic carbocycles. The van der Waals surface area contributed by atoms with Crippen LogP contribution < -0.4 is 10.9 Å². The second-order valence-electron chi connectivity index (χ2n) is 6.25. The number of nitrogens with one attached hydrogen (secondary N) is 1. The number of aromatic nitrogens is 3. The fraction of sp³-hybridized carbons (Fsp3) is 0.150. The van der Waals surface area contributed by atoms with Crippen molar-refractivity contribution in [3.05, 3.63) is 74.9 Å². The number of nitrogens with zero attached hydrogens (tertiary/aromatic N) is 3. The molecule has 0 saturated carbocycles. The van der Waals surface area contributed by atoms with Crippen molar-refractivity contribution in [1.29, 1.82) is 0 Å². The summed E-state index contributed by atoms with van der Waals surface area (Å²) < 4.78 is 4.30. The Hall–Kier alpha value is -2.71. The largest absolute Gasteiger partial charge is 0.353 e. The smallest absolute Gasteiger partial charge is 0.267 e. The molecule has 8 heteroatoms. The zero-order valence-corrected chi connectivity index (χ0v) is 17.2. The van der Waals surface area contributed by atoms with Gasteiger partial charge in [-0.15, -0.1) is 11.3 Å². The van der Waals surface area contributed by atoms with Crippen LogP contribution in [0.1, 0.15) is 0 Å². The van der Waals surface area contributed by atoms with E-state index in [1.807, 2.05) is 41.9 Å². The van der Waals surface area contributed by atoms with E-state index < -0.39 is 0 Å². The van der Waals surface area contributed by atoms with Gasteiger partial charge in [0.25, 0.3) is 5.56 Å². The molecule has 1 N–H and O–H groups in total. The number of rotatable bonds is 6. The van der Waals surface area contributed by atoms with Crippen molar-refractivity contribution >= 4 is 44.1 Å². The summed E-state index contributed by atoms with van der Waals surface area (Å²) in [5, 5.41) is 10.3. The summed E-state index contributed by atoms with van der Waals surface area (Å²) in [6.45, 7) is 1.01. The van der Waals surface area contributed by atoms with Gasteiger partial charge in [0.15, 0.2) is 0 Å². The Labute approximate surface area is 173 Å². The van der Waals surface area contributed by atoms with E-state index >= 15 is 0 Å². The van der Waals surface area contributed by atoms with Crippen molar-refractivity contribution in [2.45, 2.75) is 13.1 Å². The molecule has 0 fully saturated rings. The molecule has 0 aliphatic carbocycles. The monoisotopic (exact) mass is 456 g/mol. The molecule has 0 aliphatic rings. The summed E-state index contributed by atoms with van der Waals surface area (Å²) in [7, 11) is 0. The fourth-order valence-electron chi connectivity index (χ4n) is 2.98. The Morgan fingerprint density at radius 1 is 1.18 bits per heavy atom. The molecule has 28 heavy (non-hydrogen) atoms. The van der Waals surface area contributed by atoms with Gasteiger partial charge in [0.05, 0.1) is 4.88 Å². The lowest BCUT2D eigenvalue weighted by Crippen LogP contribution is -2.35. The third-order valence-corrected chi connectivity index (χ3v) is 5.73. The number of benzene rings is 1. The van der Waals surface area contributed by atoms with Gasteiger partial charge < -0.3 is 9.88 Å². The van der Waals surface area contributed by atoms with Crippen LogP contribution in [0, 0.1) is 0 Å². The Balaban J connectivity index is 1.39. The fourth-order valence-corrected chi connectivity index (χ4v) is 4.02. The molecule has 6 nitrogen and oxygen atoms in total. The van der Waals surface area contributed by atoms with Crippen molar-refractivity contribution in [3.8, 4) is 10.6 Å². The molecule has 3 heterocycles. The summed E-state index contributed by atoms with van der Waals surface area (Å²) in [6.07, 6.45) is 2.00. The van der Waals surface area contributed by atoms with Gasteiger partial charge in [-0.25, -0.2) is 4.68 Å². The lowest BCUT2D eigenvalue weighted by Gasteiger charge is -2.09. The van der Waals surface area contributed by atoms with Crippen LogP contribution in [0.15, 0.2) is 69.4 Å². The van der Waals surface area contributed by atoms with E-state index in [2.05, 4.69) is 37.0 Å². The molecule has 1 amide bonds. The number of carbonyl (C=O) groups excluding carboxylic acids is 1. The van der Waals surface area contributed by atoms with Crippen molar-refractivity contribution < 1.29 is 4.79 Å². The molecule has 0 radical (unpaired) electrons. The van der Waals surface area contributed by atoms with E-state index in [0.717, 1.165) is 20.3 Å². The molecule has 4 aromatic rings. The van der Waals surface area contributed by atoms with Crippen molar-refractivity contribution in [2.75, 3.05) is 6.54 Å². The van der Waals surface area contributed by atoms with Crippen LogP contribution >= 0.6 is 27.3 Å². The number of hydrogen-bond acceptors (Lipinski definition) is 4. The highest BCUT2D eigenvalue weighted by atomic mass is 79.9. The molecule has 0 spiro atoms. The first-order valence-electron chi connectivity index (χ1n) is 8.73. The van der Waals surface area contributed by atoms with Gasteiger partial charge >= 0.3 is 0 Å². The first kappa shape index (κ1) is 18.6. The second kappa shape index (κ2) is 8.12. The summed E-state index contributed by atoms with van der Waals surface area (Å²) >= 11 is 5.02. The van der Waals surface area contributed by atoms with E-state index in [0.29, 0.717) is 18.8 Å². The van der Waals surface area contributed by atoms with Gasteiger partial charge in [-0.2, -0.15) is 5.10 Å². The number of amides is 1. The maximum absolute atomic E-state index is 12.3. The number of thiophene rings is 1. The van der Waals surface area contributed by atoms with Crippen LogP contribution in [0.3, 0.4) is 0 Å². The molecular weight excluding hydrogens is 440 g/mol. The Morgan fingerprint density at radius 2 is 2.07 bits per heavy atom. The first-order valence-corrected chi connectivity index (χ1v) is 10.4. The van der Waals surface area contributed by atoms with Gasteiger partial charge in [0.1, 0.15) is 12.2 Å². The summed E-state index contributed by atoms with van der Waals surface area (Å²) in [5.41, 5.74) is 1.49. The number of halogens is 1. The van der Waals surface area contributed by atoms with Crippen LogP contribution in [-0.2, 0) is 17.9 Å². The minimum atomic E-state index is -0.295. The third kappa shape index (κ3) is 4.07. The molecule has 0 unspecified atom stereocenters. The lowest BCUT2D eigenvalue weighted by atomic mass is 10.2. The van der Waals surface area contributed by atoms with Gasteiger partial charge in [0.2, 0.25) is 5.91 Å². The summed E-state index contributed by atoms with van der Waals surface area (Å²) in [6, 6.07) is 15.1. The summed E-state index contributed by atoms with van der Waals surface area (Å²) in [5.74, 6) is -0.240. The zero-order chi connectivity index (χ0) is 19.5. The van der Waals surface area contributed by atoms with Crippen molar-refractivity contribution in [3.63, 3.8) is 0 Å². The maximum Gasteiger partial charge on any atom is 0.267 e. The Bertz CT molecular complexity index is 1180. The average molecular weight is 457 g/mol. The van der Waals surface area contributed by atoms with E-state index in [-0.39, 0.29) is 18.0 Å². The van der Waals surface area contributed by atoms with Crippen LogP contribution in [0.25, 0.3) is 21.5 Å². The van der Waals surface area contributed by atoms with Crippen molar-refractivity contribution in [2.24, 2.45) is 0 Å². The number of hydrogen-bond donors (Lipinski definition) is 1. The minimum Gasteiger partial charge on any atom is -0.353 e. The molecule has 0 atom stereocenters. The highest BCUT2D eigenvalue weighted by Gasteiger charge is 2.09. The van der Waals surface area contributed by atoms with Crippen molar-refractivity contribution in [1.82, 2.24) is 19.7 Å². The topological polar surface area (TPSA) is 68.9 Å². The van der Waals surface area contributed by atoms with Gasteiger partial charge in [-0.1, -0.05) is 28.1 Å². The van der Waals surface area contributed by atoms with Gasteiger partial charge in [-0.3, -0.25) is 9.59 Å². The first-order chi connectivity index (χ1) is 13.6. The Kier molecular flexibility index (Phi) is 5.40. The van der Waals surface area contributed by atoms with E-state index in [9.17, 15) is 9.59 Å². The molecule has 0 bridgehead atoms. The van der Waals surface area contributed by atoms with Crippen LogP contribution in [0.4, 0.5) is 0 Å². The lowest BCUT2D eigenvalue weighted by molar-refractivity contribution is -0.121. The highest BCUT2D eigenvalue weighted by molar-refractivity contribution is 9.10. The average Bonchev–Trinajstić information content (AvgIpc) is 3.34. The van der Waals surface area contributed by atoms with E-state index in [1.165, 1.54) is 22.1 Å². The standard InChI is InChI=1S/C20H17BrN4O2S/c21-15-4-3-14-7-9-24(17(14)12-15)10-8-22-19(26)13-25-20(27)6-5-16(23-25)18-2-1-11-28-18/h1-7,9,11-12H,8,10,13H2,(H,22,26). The van der Waals surface area contributed by atoms with E-state index in [1.54, 1.807) is 6.07 Å². The maximum atomic E-state index is 12.3. The molecule has 142 valence electrons. The predicted octanol–water partition coefficient (Wildman–Crippen LogP) is 3.51. The number of fused-ring (bicyclic) bond motifs is 1. The molecule has 3 aromatic heterocycles. The normalized spacial score (nSPS) is 11.0. The molecular formula is C20H17BrN4O2S. The minimum absolute atomic E-state index is 0.101. The highest BCUT2D eigenvalue weighted by Crippen LogP contribution is 2.21. The number of carbonyl (C=O) groups is 1. The quantitative estimate of drug-likeness (QED) is 0.482. The zero-order valence-electron chi connectivity index (χ0n) is 14.8. The molecule has 0 saturated heterocycles. The van der Waals surface area contributed by atoms with Gasteiger partial charge in [0, 0.05) is 35.3 Å². The SMILES string of the molecule is O=C(Cn1nc(-c2cccs2)ccc1=O)NCCn1ccc2ccc(Br)cc21. The van der Waals surface area contributed by atoms with Crippen LogP contribution in [-0.4, -0.2) is 26.8 Å². The van der Waals surface area contributed by atoms with Crippen LogP contribution in [0.2, 0.25) is 0 Å². The third-order valence-electron chi connectivity index (χ3n) is 4.34. The predicted molar refractivity (Wildman–Crippen MR) is 114 cm³/mol. The molecule has 0 aliphatic heterocycles. The van der Waals surface area contributed by atoms with Gasteiger partial charge in [-0.05, 0) is 41.1 Å². The molecule has 4 rings (SSSR count). The van der Waals surface area contributed by atoms with Crippen LogP contribution in [0.5, 0.6) is 0 Å². The second-order valence-corrected chi connectivity index (χ2v) is 8.12. The summed E-state index contributed by atoms with van der Waals surface area (Å²) in [4.78, 5) is 25.3.